The molecule has 0 aromatic heterocycles. The summed E-state index contributed by atoms with van der Waals surface area (Å²) in [4.78, 5) is 0. The van der Waals surface area contributed by atoms with Gasteiger partial charge in [0, 0.05) is 5.39 Å². The quantitative estimate of drug-likeness (QED) is 0.189. The minimum atomic E-state index is -0.447. The van der Waals surface area contributed by atoms with Crippen LogP contribution in [-0.4, -0.2) is 6.61 Å². The zero-order chi connectivity index (χ0) is 24.6. The van der Waals surface area contributed by atoms with E-state index in [0.29, 0.717) is 23.8 Å². The summed E-state index contributed by atoms with van der Waals surface area (Å²) in [6.45, 7) is 2.96. The van der Waals surface area contributed by atoms with E-state index in [9.17, 15) is 4.39 Å². The van der Waals surface area contributed by atoms with E-state index in [-0.39, 0.29) is 10.8 Å². The van der Waals surface area contributed by atoms with Gasteiger partial charge in [-0.3, -0.25) is 0 Å². The van der Waals surface area contributed by atoms with Crippen molar-refractivity contribution in [2.24, 2.45) is 0 Å². The van der Waals surface area contributed by atoms with Crippen LogP contribution < -0.4 is 4.74 Å². The van der Waals surface area contributed by atoms with Crippen molar-refractivity contribution in [1.82, 2.24) is 0 Å². The Labute approximate surface area is 211 Å². The van der Waals surface area contributed by atoms with Crippen molar-refractivity contribution in [3.63, 3.8) is 0 Å². The molecule has 0 saturated carbocycles. The van der Waals surface area contributed by atoms with Crippen LogP contribution in [0.2, 0.25) is 5.02 Å². The molecule has 4 aromatic rings. The van der Waals surface area contributed by atoms with E-state index in [4.69, 9.17) is 16.3 Å². The monoisotopic (exact) mass is 492 g/mol. The number of rotatable bonds is 11. The van der Waals surface area contributed by atoms with Crippen LogP contribution in [0, 0.1) is 11.6 Å². The van der Waals surface area contributed by atoms with Crippen molar-refractivity contribution in [1.29, 1.82) is 0 Å². The molecule has 35 heavy (non-hydrogen) atoms. The number of unbranched alkanes of at least 4 members (excludes halogenated alkanes) is 4. The minimum Gasteiger partial charge on any atom is -0.494 e. The Kier molecular flexibility index (Phi) is 8.76. The van der Waals surface area contributed by atoms with Gasteiger partial charge in [0.2, 0.25) is 0 Å². The first-order chi connectivity index (χ1) is 17.0. The lowest BCUT2D eigenvalue weighted by Gasteiger charge is -2.10. The Morgan fingerprint density at radius 1 is 0.743 bits per heavy atom. The normalized spacial score (nSPS) is 11.2. The first-order valence-corrected chi connectivity index (χ1v) is 12.8. The molecule has 0 saturated heterocycles. The Bertz CT molecular complexity index is 1270. The van der Waals surface area contributed by atoms with E-state index in [1.807, 2.05) is 54.6 Å². The fraction of sp³-hybridized carbons (Fsp3) is 0.290. The van der Waals surface area contributed by atoms with Crippen molar-refractivity contribution in [2.75, 3.05) is 6.61 Å². The Hall–Kier alpha value is -2.91. The van der Waals surface area contributed by atoms with Gasteiger partial charge in [-0.25, -0.2) is 8.78 Å². The highest BCUT2D eigenvalue weighted by molar-refractivity contribution is 6.30. The first kappa shape index (κ1) is 25.2. The second-order valence-electron chi connectivity index (χ2n) is 9.01. The van der Waals surface area contributed by atoms with Crippen molar-refractivity contribution in [3.8, 4) is 16.9 Å². The third kappa shape index (κ3) is 6.61. The lowest BCUT2D eigenvalue weighted by Crippen LogP contribution is -1.97. The number of benzene rings is 4. The Morgan fingerprint density at radius 2 is 1.51 bits per heavy atom. The molecule has 0 unspecified atom stereocenters. The van der Waals surface area contributed by atoms with E-state index in [1.165, 1.54) is 37.8 Å². The molecule has 4 aromatic carbocycles. The lowest BCUT2D eigenvalue weighted by atomic mass is 9.97. The molecule has 4 heteroatoms. The third-order valence-corrected chi connectivity index (χ3v) is 6.71. The lowest BCUT2D eigenvalue weighted by molar-refractivity contribution is 0.304. The van der Waals surface area contributed by atoms with Crippen LogP contribution in [-0.2, 0) is 12.8 Å². The van der Waals surface area contributed by atoms with Gasteiger partial charge in [0.05, 0.1) is 11.6 Å². The molecule has 1 nitrogen and oxygen atoms in total. The number of hydrogen-bond acceptors (Lipinski definition) is 1. The number of fused-ring (bicyclic) bond motifs is 1. The van der Waals surface area contributed by atoms with Crippen LogP contribution in [0.1, 0.15) is 50.2 Å². The van der Waals surface area contributed by atoms with Gasteiger partial charge >= 0.3 is 0 Å². The summed E-state index contributed by atoms with van der Waals surface area (Å²) in [5.74, 6) is 0.213. The van der Waals surface area contributed by atoms with Gasteiger partial charge in [0.1, 0.15) is 17.4 Å². The summed E-state index contributed by atoms with van der Waals surface area (Å²) in [5, 5.41) is 1.55. The van der Waals surface area contributed by atoms with Gasteiger partial charge in [-0.1, -0.05) is 86.7 Å². The van der Waals surface area contributed by atoms with Gasteiger partial charge < -0.3 is 4.74 Å². The molecule has 0 radical (unpaired) electrons. The number of aryl methyl sites for hydroxylation is 2. The Morgan fingerprint density at radius 3 is 2.29 bits per heavy atom. The molecule has 4 rings (SSSR count). The molecule has 0 bridgehead atoms. The molecule has 0 aliphatic rings. The molecule has 182 valence electrons. The van der Waals surface area contributed by atoms with Crippen LogP contribution in [0.3, 0.4) is 0 Å². The topological polar surface area (TPSA) is 9.23 Å². The van der Waals surface area contributed by atoms with Gasteiger partial charge in [-0.15, -0.1) is 0 Å². The number of hydrogen-bond donors (Lipinski definition) is 0. The maximum atomic E-state index is 15.2. The number of halogens is 3. The van der Waals surface area contributed by atoms with Crippen LogP contribution >= 0.6 is 11.6 Å². The summed E-state index contributed by atoms with van der Waals surface area (Å²) in [5.41, 5.74) is 3.52. The summed E-state index contributed by atoms with van der Waals surface area (Å²) in [6.07, 6.45) is 7.13. The maximum absolute atomic E-state index is 15.2. The molecule has 0 amide bonds. The van der Waals surface area contributed by atoms with Crippen LogP contribution in [0.5, 0.6) is 5.75 Å². The average molecular weight is 493 g/mol. The van der Waals surface area contributed by atoms with E-state index in [2.05, 4.69) is 6.92 Å². The van der Waals surface area contributed by atoms with Crippen LogP contribution in [0.25, 0.3) is 21.9 Å². The second-order valence-corrected chi connectivity index (χ2v) is 9.42. The average Bonchev–Trinajstić information content (AvgIpc) is 2.88. The minimum absolute atomic E-state index is 0.0985. The molecular formula is C31H31ClF2O. The SMILES string of the molecule is CCCCCCCOc1ccc(-c2ccc3c(F)c(CCc4ccc(Cl)c(F)c4)ccc3c2)cc1. The summed E-state index contributed by atoms with van der Waals surface area (Å²) >= 11 is 5.75. The summed E-state index contributed by atoms with van der Waals surface area (Å²) < 4.78 is 34.8. The van der Waals surface area contributed by atoms with E-state index in [0.717, 1.165) is 40.9 Å². The largest absolute Gasteiger partial charge is 0.494 e. The standard InChI is InChI=1S/C31H31ClF2O/c1-2-3-4-5-6-19-35-27-15-12-23(13-16-27)25-14-17-28-26(21-25)11-10-24(31(28)34)9-7-22-8-18-29(32)30(33)20-22/h8,10-18,20-21H,2-7,9,19H2,1H3. The molecule has 0 aliphatic heterocycles. The number of ether oxygens (including phenoxy) is 1. The van der Waals surface area contributed by atoms with Crippen molar-refractivity contribution in [2.45, 2.75) is 51.9 Å². The van der Waals surface area contributed by atoms with Gasteiger partial charge in [-0.05, 0) is 77.2 Å². The first-order valence-electron chi connectivity index (χ1n) is 12.4. The van der Waals surface area contributed by atoms with E-state index < -0.39 is 5.82 Å². The third-order valence-electron chi connectivity index (χ3n) is 6.41. The molecule has 0 fully saturated rings. The zero-order valence-corrected chi connectivity index (χ0v) is 20.9. The molecule has 0 atom stereocenters. The fourth-order valence-electron chi connectivity index (χ4n) is 4.32. The van der Waals surface area contributed by atoms with Crippen molar-refractivity contribution >= 4 is 22.4 Å². The zero-order valence-electron chi connectivity index (χ0n) is 20.1. The van der Waals surface area contributed by atoms with Crippen molar-refractivity contribution < 1.29 is 13.5 Å². The fourth-order valence-corrected chi connectivity index (χ4v) is 4.44. The predicted octanol–water partition coefficient (Wildman–Crippen LogP) is 9.57. The molecular weight excluding hydrogens is 462 g/mol. The van der Waals surface area contributed by atoms with Gasteiger partial charge in [-0.2, -0.15) is 0 Å². The van der Waals surface area contributed by atoms with E-state index >= 15 is 4.39 Å². The molecule has 0 aliphatic carbocycles. The maximum Gasteiger partial charge on any atom is 0.142 e. The highest BCUT2D eigenvalue weighted by Crippen LogP contribution is 2.29. The molecule has 0 N–H and O–H groups in total. The van der Waals surface area contributed by atoms with E-state index in [1.54, 1.807) is 6.07 Å². The van der Waals surface area contributed by atoms with Crippen molar-refractivity contribution in [3.05, 3.63) is 101 Å². The summed E-state index contributed by atoms with van der Waals surface area (Å²) in [6, 6.07) is 22.4. The second kappa shape index (κ2) is 12.2. The Balaban J connectivity index is 1.40. The molecule has 0 spiro atoms. The smallest absolute Gasteiger partial charge is 0.142 e. The predicted molar refractivity (Wildman–Crippen MR) is 142 cm³/mol. The van der Waals surface area contributed by atoms with Crippen LogP contribution in [0.15, 0.2) is 72.8 Å². The highest BCUT2D eigenvalue weighted by Gasteiger charge is 2.10. The molecule has 0 heterocycles. The summed E-state index contributed by atoms with van der Waals surface area (Å²) in [7, 11) is 0. The highest BCUT2D eigenvalue weighted by atomic mass is 35.5. The van der Waals surface area contributed by atoms with Crippen LogP contribution in [0.4, 0.5) is 8.78 Å². The van der Waals surface area contributed by atoms with Gasteiger partial charge in [0.25, 0.3) is 0 Å². The van der Waals surface area contributed by atoms with Gasteiger partial charge in [0.15, 0.2) is 0 Å².